The fourth-order valence-corrected chi connectivity index (χ4v) is 3.22. The predicted octanol–water partition coefficient (Wildman–Crippen LogP) is 2.31. The first-order valence-electron chi connectivity index (χ1n) is 7.86. The van der Waals surface area contributed by atoms with Crippen LogP contribution in [-0.4, -0.2) is 30.4 Å². The molecule has 0 saturated heterocycles. The number of hydrogen-bond acceptors (Lipinski definition) is 4. The third-order valence-electron chi connectivity index (χ3n) is 4.33. The molecular formula is C19H18N2O4. The number of ether oxygens (including phenoxy) is 1. The lowest BCUT2D eigenvalue weighted by Crippen LogP contribution is -2.53. The van der Waals surface area contributed by atoms with Gasteiger partial charge in [-0.05, 0) is 17.7 Å². The van der Waals surface area contributed by atoms with E-state index in [0.29, 0.717) is 11.3 Å². The summed E-state index contributed by atoms with van der Waals surface area (Å²) in [5.41, 5.74) is 5.23. The van der Waals surface area contributed by atoms with Crippen LogP contribution in [-0.2, 0) is 16.0 Å². The van der Waals surface area contributed by atoms with Crippen molar-refractivity contribution < 1.29 is 19.1 Å². The molecule has 1 unspecified atom stereocenters. The summed E-state index contributed by atoms with van der Waals surface area (Å²) in [7, 11) is 1.56. The van der Waals surface area contributed by atoms with E-state index in [-0.39, 0.29) is 18.6 Å². The number of carbonyl (C=O) groups is 3. The van der Waals surface area contributed by atoms with E-state index in [9.17, 15) is 14.4 Å². The van der Waals surface area contributed by atoms with Crippen LogP contribution in [0.1, 0.15) is 22.3 Å². The zero-order chi connectivity index (χ0) is 18.0. The van der Waals surface area contributed by atoms with Crippen LogP contribution in [0.4, 0.5) is 10.5 Å². The summed E-state index contributed by atoms with van der Waals surface area (Å²) in [6.07, 6.45) is -1.28. The van der Waals surface area contributed by atoms with Crippen LogP contribution >= 0.6 is 0 Å². The van der Waals surface area contributed by atoms with Gasteiger partial charge in [0.25, 0.3) is 5.91 Å². The standard InChI is InChI=1S/C19H18N2O4/c1-21-15-10-6-5-9-14(15)16(22)12-19(17(21)23,25-18(20)24)11-13-7-3-2-4-8-13/h2-10H,11-12H2,1H3,(H2,20,24). The maximum atomic E-state index is 13.2. The monoisotopic (exact) mass is 338 g/mol. The summed E-state index contributed by atoms with van der Waals surface area (Å²) in [6, 6.07) is 15.9. The van der Waals surface area contributed by atoms with Gasteiger partial charge in [-0.2, -0.15) is 0 Å². The number of ketones is 1. The number of para-hydroxylation sites is 1. The molecule has 128 valence electrons. The smallest absolute Gasteiger partial charge is 0.405 e. The van der Waals surface area contributed by atoms with Crippen molar-refractivity contribution >= 4 is 23.5 Å². The fourth-order valence-electron chi connectivity index (χ4n) is 3.22. The van der Waals surface area contributed by atoms with Gasteiger partial charge < -0.3 is 15.4 Å². The van der Waals surface area contributed by atoms with Crippen molar-refractivity contribution in [3.05, 3.63) is 65.7 Å². The second kappa shape index (κ2) is 6.39. The van der Waals surface area contributed by atoms with Crippen LogP contribution in [0, 0.1) is 0 Å². The molecule has 6 nitrogen and oxygen atoms in total. The van der Waals surface area contributed by atoms with Gasteiger partial charge in [-0.3, -0.25) is 9.59 Å². The Labute approximate surface area is 145 Å². The Morgan fingerprint density at radius 3 is 2.44 bits per heavy atom. The maximum Gasteiger partial charge on any atom is 0.405 e. The topological polar surface area (TPSA) is 89.7 Å². The van der Waals surface area contributed by atoms with Gasteiger partial charge in [0.1, 0.15) is 0 Å². The van der Waals surface area contributed by atoms with Crippen molar-refractivity contribution in [3.8, 4) is 0 Å². The molecule has 1 aliphatic rings. The number of rotatable bonds is 3. The van der Waals surface area contributed by atoms with E-state index in [2.05, 4.69) is 0 Å². The number of primary amides is 1. The van der Waals surface area contributed by atoms with Gasteiger partial charge in [0, 0.05) is 19.0 Å². The third-order valence-corrected chi connectivity index (χ3v) is 4.33. The number of anilines is 1. The molecule has 3 rings (SSSR count). The number of likely N-dealkylation sites (N-methyl/N-ethyl adjacent to an activating group) is 1. The largest absolute Gasteiger partial charge is 0.432 e. The quantitative estimate of drug-likeness (QED) is 0.930. The summed E-state index contributed by atoms with van der Waals surface area (Å²) >= 11 is 0. The molecule has 1 atom stereocenters. The van der Waals surface area contributed by atoms with E-state index in [1.165, 1.54) is 4.90 Å². The first kappa shape index (κ1) is 16.7. The Morgan fingerprint density at radius 1 is 1.12 bits per heavy atom. The highest BCUT2D eigenvalue weighted by Gasteiger charge is 2.49. The van der Waals surface area contributed by atoms with Gasteiger partial charge >= 0.3 is 6.09 Å². The molecule has 0 bridgehead atoms. The highest BCUT2D eigenvalue weighted by molar-refractivity contribution is 6.13. The summed E-state index contributed by atoms with van der Waals surface area (Å²) in [5.74, 6) is -0.751. The normalized spacial score (nSPS) is 20.0. The van der Waals surface area contributed by atoms with E-state index in [1.54, 1.807) is 31.3 Å². The van der Waals surface area contributed by atoms with E-state index >= 15 is 0 Å². The van der Waals surface area contributed by atoms with E-state index < -0.39 is 17.6 Å². The molecule has 0 radical (unpaired) electrons. The van der Waals surface area contributed by atoms with Gasteiger partial charge in [0.2, 0.25) is 5.60 Å². The molecule has 2 aromatic carbocycles. The Bertz CT molecular complexity index is 834. The summed E-state index contributed by atoms with van der Waals surface area (Å²) in [4.78, 5) is 38.8. The lowest BCUT2D eigenvalue weighted by atomic mass is 9.87. The number of benzene rings is 2. The Kier molecular flexibility index (Phi) is 4.27. The third kappa shape index (κ3) is 3.10. The van der Waals surface area contributed by atoms with Gasteiger partial charge in [-0.25, -0.2) is 4.79 Å². The Hall–Kier alpha value is -3.15. The minimum Gasteiger partial charge on any atom is -0.432 e. The van der Waals surface area contributed by atoms with E-state index in [1.807, 2.05) is 30.3 Å². The van der Waals surface area contributed by atoms with Crippen LogP contribution in [0.15, 0.2) is 54.6 Å². The molecule has 6 heteroatoms. The number of amides is 2. The zero-order valence-corrected chi connectivity index (χ0v) is 13.8. The average Bonchev–Trinajstić information content (AvgIpc) is 2.66. The lowest BCUT2D eigenvalue weighted by Gasteiger charge is -2.32. The minimum absolute atomic E-state index is 0.0691. The van der Waals surface area contributed by atoms with Crippen LogP contribution in [0.25, 0.3) is 0 Å². The van der Waals surface area contributed by atoms with E-state index in [4.69, 9.17) is 10.5 Å². The molecule has 0 aromatic heterocycles. The number of carbonyl (C=O) groups excluding carboxylic acids is 3. The molecule has 2 N–H and O–H groups in total. The van der Waals surface area contributed by atoms with Crippen molar-refractivity contribution in [2.75, 3.05) is 11.9 Å². The highest BCUT2D eigenvalue weighted by Crippen LogP contribution is 2.34. The number of fused-ring (bicyclic) bond motifs is 1. The Morgan fingerprint density at radius 2 is 1.76 bits per heavy atom. The molecule has 25 heavy (non-hydrogen) atoms. The second-order valence-corrected chi connectivity index (χ2v) is 6.06. The first-order chi connectivity index (χ1) is 11.9. The maximum absolute atomic E-state index is 13.2. The molecule has 2 aromatic rings. The summed E-state index contributed by atoms with van der Waals surface area (Å²) < 4.78 is 5.27. The highest BCUT2D eigenvalue weighted by atomic mass is 16.6. The first-order valence-corrected chi connectivity index (χ1v) is 7.86. The van der Waals surface area contributed by atoms with Crippen LogP contribution in [0.2, 0.25) is 0 Å². The molecular weight excluding hydrogens is 320 g/mol. The molecule has 2 amide bonds. The SMILES string of the molecule is CN1C(=O)C(Cc2ccccc2)(OC(N)=O)CC(=O)c2ccccc21. The van der Waals surface area contributed by atoms with E-state index in [0.717, 1.165) is 5.56 Å². The second-order valence-electron chi connectivity index (χ2n) is 6.06. The van der Waals surface area contributed by atoms with Crippen LogP contribution in [0.5, 0.6) is 0 Å². The van der Waals surface area contributed by atoms with Gasteiger partial charge in [0.15, 0.2) is 5.78 Å². The number of hydrogen-bond donors (Lipinski definition) is 1. The minimum atomic E-state index is -1.67. The molecule has 0 saturated carbocycles. The summed E-state index contributed by atoms with van der Waals surface area (Å²) in [6.45, 7) is 0. The molecule has 0 aliphatic carbocycles. The van der Waals surface area contributed by atoms with Crippen molar-refractivity contribution in [3.63, 3.8) is 0 Å². The number of nitrogens with two attached hydrogens (primary N) is 1. The molecule has 1 aliphatic heterocycles. The van der Waals surface area contributed by atoms with Crippen molar-refractivity contribution in [2.45, 2.75) is 18.4 Å². The Balaban J connectivity index is 2.10. The van der Waals surface area contributed by atoms with Crippen molar-refractivity contribution in [2.24, 2.45) is 5.73 Å². The summed E-state index contributed by atoms with van der Waals surface area (Å²) in [5, 5.41) is 0. The fraction of sp³-hybridized carbons (Fsp3) is 0.211. The molecule has 1 heterocycles. The molecule has 0 fully saturated rings. The number of Topliss-reactive ketones (excluding diaryl/α,β-unsaturated/α-hetero) is 1. The average molecular weight is 338 g/mol. The number of nitrogens with zero attached hydrogens (tertiary/aromatic N) is 1. The van der Waals surface area contributed by atoms with Gasteiger partial charge in [-0.1, -0.05) is 42.5 Å². The molecule has 0 spiro atoms. The zero-order valence-electron chi connectivity index (χ0n) is 13.8. The van der Waals surface area contributed by atoms with Gasteiger partial charge in [-0.15, -0.1) is 0 Å². The van der Waals surface area contributed by atoms with Crippen LogP contribution < -0.4 is 10.6 Å². The lowest BCUT2D eigenvalue weighted by molar-refractivity contribution is -0.136. The van der Waals surface area contributed by atoms with Crippen molar-refractivity contribution in [1.29, 1.82) is 0 Å². The van der Waals surface area contributed by atoms with Gasteiger partial charge in [0.05, 0.1) is 12.1 Å². The van der Waals surface area contributed by atoms with Crippen molar-refractivity contribution in [1.82, 2.24) is 0 Å². The predicted molar refractivity (Wildman–Crippen MR) is 92.3 cm³/mol. The van der Waals surface area contributed by atoms with Crippen LogP contribution in [0.3, 0.4) is 0 Å².